The predicted molar refractivity (Wildman–Crippen MR) is 113 cm³/mol. The number of methoxy groups -OCH3 is 3. The summed E-state index contributed by atoms with van der Waals surface area (Å²) in [6.07, 6.45) is 10.3. The molecule has 0 radical (unpaired) electrons. The summed E-state index contributed by atoms with van der Waals surface area (Å²) < 4.78 is 22.4. The van der Waals surface area contributed by atoms with E-state index in [4.69, 9.17) is 18.9 Å². The van der Waals surface area contributed by atoms with Crippen LogP contribution in [0.4, 0.5) is 0 Å². The lowest BCUT2D eigenvalue weighted by molar-refractivity contribution is -0.205. The smallest absolute Gasteiger partial charge is 0.158 e. The molecule has 7 unspecified atom stereocenters. The molecule has 1 fully saturated rings. The first-order valence-corrected chi connectivity index (χ1v) is 10.6. The number of ether oxygens (including phenoxy) is 4. The van der Waals surface area contributed by atoms with Crippen LogP contribution in [0.25, 0.3) is 0 Å². The Morgan fingerprint density at radius 1 is 1.14 bits per heavy atom. The van der Waals surface area contributed by atoms with Crippen LogP contribution in [0.3, 0.4) is 0 Å². The zero-order valence-corrected chi connectivity index (χ0v) is 18.9. The summed E-state index contributed by atoms with van der Waals surface area (Å²) in [6, 6.07) is 0. The van der Waals surface area contributed by atoms with Crippen LogP contribution in [0.15, 0.2) is 23.8 Å². The Labute approximate surface area is 172 Å². The van der Waals surface area contributed by atoms with Crippen molar-refractivity contribution in [2.24, 2.45) is 11.8 Å². The number of allylic oxidation sites excluding steroid dienone is 2. The molecule has 1 aliphatic heterocycles. The maximum atomic E-state index is 10.5. The summed E-state index contributed by atoms with van der Waals surface area (Å²) in [7, 11) is 5.16. The van der Waals surface area contributed by atoms with Gasteiger partial charge in [-0.15, -0.1) is 0 Å². The van der Waals surface area contributed by atoms with Gasteiger partial charge in [-0.05, 0) is 44.1 Å². The van der Waals surface area contributed by atoms with E-state index in [0.29, 0.717) is 5.92 Å². The first kappa shape index (κ1) is 25.3. The molecule has 1 aliphatic rings. The van der Waals surface area contributed by atoms with Gasteiger partial charge >= 0.3 is 0 Å². The Balaban J connectivity index is 2.56. The first-order chi connectivity index (χ1) is 13.4. The summed E-state index contributed by atoms with van der Waals surface area (Å²) in [5.74, 6) is 0.544. The summed E-state index contributed by atoms with van der Waals surface area (Å²) in [4.78, 5) is 0. The average Bonchev–Trinajstić information content (AvgIpc) is 2.71. The second-order valence-corrected chi connectivity index (χ2v) is 8.03. The van der Waals surface area contributed by atoms with Crippen LogP contribution in [0.1, 0.15) is 59.8 Å². The summed E-state index contributed by atoms with van der Waals surface area (Å²) in [5.41, 5.74) is 1.10. The molecule has 0 aromatic heterocycles. The molecule has 1 N–H and O–H groups in total. The maximum Gasteiger partial charge on any atom is 0.158 e. The topological polar surface area (TPSA) is 57.2 Å². The fourth-order valence-corrected chi connectivity index (χ4v) is 3.88. The molecule has 0 aliphatic carbocycles. The van der Waals surface area contributed by atoms with Crippen LogP contribution < -0.4 is 0 Å². The van der Waals surface area contributed by atoms with Crippen LogP contribution in [0.5, 0.6) is 0 Å². The molecule has 7 atom stereocenters. The minimum atomic E-state index is -0.350. The van der Waals surface area contributed by atoms with Gasteiger partial charge in [-0.25, -0.2) is 0 Å². The monoisotopic (exact) mass is 398 g/mol. The van der Waals surface area contributed by atoms with Gasteiger partial charge in [0.05, 0.1) is 18.3 Å². The van der Waals surface area contributed by atoms with Crippen LogP contribution in [0.2, 0.25) is 0 Å². The lowest BCUT2D eigenvalue weighted by Crippen LogP contribution is -2.41. The number of hydrogen-bond donors (Lipinski definition) is 1. The van der Waals surface area contributed by atoms with Gasteiger partial charge in [0.2, 0.25) is 0 Å². The number of aliphatic hydroxyl groups excluding tert-OH is 1. The normalized spacial score (nSPS) is 28.3. The van der Waals surface area contributed by atoms with E-state index in [0.717, 1.165) is 37.7 Å². The van der Waals surface area contributed by atoms with Gasteiger partial charge in [-0.2, -0.15) is 0 Å². The van der Waals surface area contributed by atoms with Gasteiger partial charge in [0.1, 0.15) is 6.10 Å². The van der Waals surface area contributed by atoms with Gasteiger partial charge in [0, 0.05) is 33.7 Å². The molecular formula is C23H42O5. The van der Waals surface area contributed by atoms with Crippen molar-refractivity contribution >= 4 is 0 Å². The highest BCUT2D eigenvalue weighted by atomic mass is 16.7. The van der Waals surface area contributed by atoms with Crippen LogP contribution >= 0.6 is 0 Å². The van der Waals surface area contributed by atoms with E-state index in [9.17, 15) is 5.11 Å². The maximum absolute atomic E-state index is 10.5. The lowest BCUT2D eigenvalue weighted by Gasteiger charge is -2.35. The third kappa shape index (κ3) is 7.96. The molecule has 1 saturated heterocycles. The van der Waals surface area contributed by atoms with E-state index in [1.165, 1.54) is 0 Å². The summed E-state index contributed by atoms with van der Waals surface area (Å²) in [6.45, 7) is 8.44. The number of hydrogen-bond acceptors (Lipinski definition) is 5. The van der Waals surface area contributed by atoms with Crippen molar-refractivity contribution in [1.82, 2.24) is 0 Å². The molecule has 28 heavy (non-hydrogen) atoms. The molecular weight excluding hydrogens is 356 g/mol. The van der Waals surface area contributed by atoms with E-state index in [-0.39, 0.29) is 36.6 Å². The largest absolute Gasteiger partial charge is 0.393 e. The summed E-state index contributed by atoms with van der Waals surface area (Å²) in [5, 5.41) is 10.5. The quantitative estimate of drug-likeness (QED) is 0.491. The average molecular weight is 399 g/mol. The first-order valence-electron chi connectivity index (χ1n) is 10.6. The molecule has 0 aromatic rings. The van der Waals surface area contributed by atoms with Crippen LogP contribution in [-0.4, -0.2) is 57.1 Å². The van der Waals surface area contributed by atoms with Gasteiger partial charge in [0.15, 0.2) is 6.29 Å². The molecule has 164 valence electrons. The minimum absolute atomic E-state index is 0.0489. The fourth-order valence-electron chi connectivity index (χ4n) is 3.88. The second-order valence-electron chi connectivity index (χ2n) is 8.03. The molecule has 0 aromatic carbocycles. The van der Waals surface area contributed by atoms with Gasteiger partial charge in [0.25, 0.3) is 0 Å². The molecule has 0 saturated carbocycles. The summed E-state index contributed by atoms with van der Waals surface area (Å²) >= 11 is 0. The predicted octanol–water partition coefficient (Wildman–Crippen LogP) is 4.49. The van der Waals surface area contributed by atoms with E-state index in [1.54, 1.807) is 21.3 Å². The molecule has 5 heteroatoms. The Morgan fingerprint density at radius 2 is 1.86 bits per heavy atom. The standard InChI is InChI=1S/C23H42O5/c1-8-20(25-5)17(3)12-13-19(24)16(2)10-9-11-18(4)23-21(26-6)14-15-22(27-7)28-23/h9-11,16-17,19-24H,8,12-15H2,1-7H3/b10-9+,18-11+. The highest BCUT2D eigenvalue weighted by Gasteiger charge is 2.32. The minimum Gasteiger partial charge on any atom is -0.393 e. The van der Waals surface area contributed by atoms with Crippen molar-refractivity contribution in [2.75, 3.05) is 21.3 Å². The third-order valence-electron chi connectivity index (χ3n) is 5.98. The van der Waals surface area contributed by atoms with Crippen LogP contribution in [-0.2, 0) is 18.9 Å². The molecule has 0 bridgehead atoms. The molecule has 1 rings (SSSR count). The zero-order chi connectivity index (χ0) is 21.1. The van der Waals surface area contributed by atoms with E-state index in [1.807, 2.05) is 6.08 Å². The van der Waals surface area contributed by atoms with Crippen LogP contribution in [0, 0.1) is 11.8 Å². The third-order valence-corrected chi connectivity index (χ3v) is 5.98. The molecule has 0 spiro atoms. The van der Waals surface area contributed by atoms with Gasteiger partial charge in [-0.1, -0.05) is 39.0 Å². The fraction of sp³-hybridized carbons (Fsp3) is 0.826. The Kier molecular flexibility index (Phi) is 12.2. The molecule has 0 amide bonds. The van der Waals surface area contributed by atoms with E-state index in [2.05, 4.69) is 39.8 Å². The number of rotatable bonds is 12. The van der Waals surface area contributed by atoms with Gasteiger partial charge in [-0.3, -0.25) is 0 Å². The Hall–Kier alpha value is -0.720. The van der Waals surface area contributed by atoms with Crippen molar-refractivity contribution < 1.29 is 24.1 Å². The van der Waals surface area contributed by atoms with Crippen molar-refractivity contribution in [2.45, 2.75) is 90.5 Å². The van der Waals surface area contributed by atoms with Crippen molar-refractivity contribution in [3.8, 4) is 0 Å². The lowest BCUT2D eigenvalue weighted by atomic mass is 9.91. The van der Waals surface area contributed by atoms with E-state index >= 15 is 0 Å². The zero-order valence-electron chi connectivity index (χ0n) is 18.9. The second kappa shape index (κ2) is 13.5. The Morgan fingerprint density at radius 3 is 2.43 bits per heavy atom. The number of aliphatic hydroxyl groups is 1. The SMILES string of the molecule is CCC(OC)C(C)CCC(O)C(C)/C=C/C=C(\C)C1OC(OC)CCC1OC. The molecule has 5 nitrogen and oxygen atoms in total. The Bertz CT molecular complexity index is 472. The highest BCUT2D eigenvalue weighted by Crippen LogP contribution is 2.27. The van der Waals surface area contributed by atoms with Crippen molar-refractivity contribution in [3.05, 3.63) is 23.8 Å². The van der Waals surface area contributed by atoms with E-state index < -0.39 is 0 Å². The van der Waals surface area contributed by atoms with Crippen molar-refractivity contribution in [1.29, 1.82) is 0 Å². The van der Waals surface area contributed by atoms with Gasteiger partial charge < -0.3 is 24.1 Å². The molecule has 1 heterocycles. The highest BCUT2D eigenvalue weighted by molar-refractivity contribution is 5.17. The van der Waals surface area contributed by atoms with Crippen molar-refractivity contribution in [3.63, 3.8) is 0 Å².